The Morgan fingerprint density at radius 1 is 1.17 bits per heavy atom. The maximum Gasteiger partial charge on any atom is 0.261 e. The first-order chi connectivity index (χ1) is 11.6. The minimum atomic E-state index is -0.235. The van der Waals surface area contributed by atoms with Crippen molar-refractivity contribution in [1.29, 1.82) is 0 Å². The summed E-state index contributed by atoms with van der Waals surface area (Å²) in [4.78, 5) is 25.2. The molecule has 1 amide bonds. The van der Waals surface area contributed by atoms with Crippen LogP contribution in [0.4, 0.5) is 5.69 Å². The Morgan fingerprint density at radius 3 is 2.62 bits per heavy atom. The van der Waals surface area contributed by atoms with Crippen molar-refractivity contribution < 1.29 is 9.53 Å². The molecule has 0 bridgehead atoms. The van der Waals surface area contributed by atoms with Crippen LogP contribution in [0.5, 0.6) is 5.75 Å². The summed E-state index contributed by atoms with van der Waals surface area (Å²) in [5, 5.41) is 2.92. The van der Waals surface area contributed by atoms with Crippen LogP contribution in [0.1, 0.15) is 40.9 Å². The van der Waals surface area contributed by atoms with Gasteiger partial charge in [0.15, 0.2) is 0 Å². The molecule has 5 heteroatoms. The van der Waals surface area contributed by atoms with E-state index < -0.39 is 0 Å². The summed E-state index contributed by atoms with van der Waals surface area (Å²) in [6.45, 7) is 2.65. The number of pyridine rings is 1. The van der Waals surface area contributed by atoms with Gasteiger partial charge in [-0.3, -0.25) is 9.59 Å². The molecule has 1 aliphatic rings. The van der Waals surface area contributed by atoms with E-state index in [1.54, 1.807) is 4.57 Å². The van der Waals surface area contributed by atoms with Crippen molar-refractivity contribution in [2.24, 2.45) is 0 Å². The summed E-state index contributed by atoms with van der Waals surface area (Å²) in [7, 11) is 1.49. The van der Waals surface area contributed by atoms with Gasteiger partial charge in [-0.15, -0.1) is 0 Å². The van der Waals surface area contributed by atoms with E-state index in [0.29, 0.717) is 24.3 Å². The topological polar surface area (TPSA) is 60.3 Å². The Balaban J connectivity index is 2.03. The molecule has 2 heterocycles. The zero-order valence-electron chi connectivity index (χ0n) is 14.1. The molecule has 0 unspecified atom stereocenters. The number of carbonyl (C=O) groups is 1. The van der Waals surface area contributed by atoms with Crippen LogP contribution in [0.2, 0.25) is 0 Å². The van der Waals surface area contributed by atoms with Crippen LogP contribution in [-0.2, 0) is 13.0 Å². The van der Waals surface area contributed by atoms with Gasteiger partial charge in [-0.2, -0.15) is 0 Å². The third-order valence-electron chi connectivity index (χ3n) is 4.43. The second-order valence-electron chi connectivity index (χ2n) is 6.16. The van der Waals surface area contributed by atoms with Crippen molar-refractivity contribution in [1.82, 2.24) is 4.57 Å². The number of nitrogens with one attached hydrogen (secondary N) is 1. The van der Waals surface area contributed by atoms with Crippen LogP contribution in [0.25, 0.3) is 0 Å². The Bertz CT molecular complexity index is 807. The number of ether oxygens (including phenoxy) is 1. The Hall–Kier alpha value is -2.56. The largest absolute Gasteiger partial charge is 0.496 e. The second kappa shape index (κ2) is 6.91. The number of amides is 1. The molecule has 0 radical (unpaired) electrons. The van der Waals surface area contributed by atoms with Gasteiger partial charge in [0.05, 0.1) is 7.11 Å². The monoisotopic (exact) mass is 326 g/mol. The Kier molecular flexibility index (Phi) is 4.69. The molecule has 1 aliphatic heterocycles. The number of hydrogen-bond acceptors (Lipinski definition) is 3. The van der Waals surface area contributed by atoms with E-state index in [9.17, 15) is 9.59 Å². The fourth-order valence-corrected chi connectivity index (χ4v) is 3.15. The molecule has 1 aromatic carbocycles. The highest BCUT2D eigenvalue weighted by Gasteiger charge is 2.23. The maximum atomic E-state index is 12.9. The predicted octanol–water partition coefficient (Wildman–Crippen LogP) is 3.14. The van der Waals surface area contributed by atoms with Crippen LogP contribution < -0.4 is 15.6 Å². The number of rotatable bonds is 3. The molecular formula is C19H22N2O3. The number of hydrogen-bond donors (Lipinski definition) is 1. The van der Waals surface area contributed by atoms with Crippen molar-refractivity contribution >= 4 is 11.6 Å². The van der Waals surface area contributed by atoms with Gasteiger partial charge in [0, 0.05) is 24.0 Å². The summed E-state index contributed by atoms with van der Waals surface area (Å²) in [5.41, 5.74) is 3.01. The number of anilines is 1. The van der Waals surface area contributed by atoms with E-state index in [-0.39, 0.29) is 11.5 Å². The number of methoxy groups -OCH3 is 1. The van der Waals surface area contributed by atoms with Gasteiger partial charge in [-0.1, -0.05) is 24.1 Å². The zero-order chi connectivity index (χ0) is 17.1. The maximum absolute atomic E-state index is 12.9. The first-order valence-electron chi connectivity index (χ1n) is 8.29. The normalized spacial score (nSPS) is 13.8. The third-order valence-corrected chi connectivity index (χ3v) is 4.43. The van der Waals surface area contributed by atoms with E-state index in [4.69, 9.17) is 4.74 Å². The highest BCUT2D eigenvalue weighted by molar-refractivity contribution is 6.07. The summed E-state index contributed by atoms with van der Waals surface area (Å²) in [6.07, 6.45) is 3.70. The van der Waals surface area contributed by atoms with E-state index in [1.807, 2.05) is 31.2 Å². The van der Waals surface area contributed by atoms with Crippen LogP contribution in [0.3, 0.4) is 0 Å². The lowest BCUT2D eigenvalue weighted by Crippen LogP contribution is -2.27. The highest BCUT2D eigenvalue weighted by atomic mass is 16.5. The number of benzene rings is 1. The molecule has 3 rings (SSSR count). The predicted molar refractivity (Wildman–Crippen MR) is 93.9 cm³/mol. The standard InChI is InChI=1S/C19H22N2O3/c1-13-7-9-14(10-8-13)20-19(23)18-15-6-4-3-5-11-21(15)17(22)12-16(18)24-2/h7-10,12H,3-6,11H2,1-2H3,(H,20,23). The van der Waals surface area contributed by atoms with Gasteiger partial charge >= 0.3 is 0 Å². The van der Waals surface area contributed by atoms with Gasteiger partial charge in [0.2, 0.25) is 0 Å². The molecular weight excluding hydrogens is 304 g/mol. The van der Waals surface area contributed by atoms with Crippen LogP contribution in [0, 0.1) is 6.92 Å². The van der Waals surface area contributed by atoms with Gasteiger partial charge in [-0.25, -0.2) is 0 Å². The molecule has 0 saturated carbocycles. The molecule has 1 aromatic heterocycles. The second-order valence-corrected chi connectivity index (χ2v) is 6.16. The number of aryl methyl sites for hydroxylation is 1. The SMILES string of the molecule is COc1cc(=O)n2c(c1C(=O)Nc1ccc(C)cc1)CCCCC2. The minimum absolute atomic E-state index is 0.101. The van der Waals surface area contributed by atoms with E-state index in [1.165, 1.54) is 13.2 Å². The summed E-state index contributed by atoms with van der Waals surface area (Å²) >= 11 is 0. The average molecular weight is 326 g/mol. The van der Waals surface area contributed by atoms with Crippen LogP contribution in [-0.4, -0.2) is 17.6 Å². The smallest absolute Gasteiger partial charge is 0.261 e. The zero-order valence-corrected chi connectivity index (χ0v) is 14.1. The van der Waals surface area contributed by atoms with Crippen molar-refractivity contribution in [3.63, 3.8) is 0 Å². The first-order valence-corrected chi connectivity index (χ1v) is 8.29. The summed E-state index contributed by atoms with van der Waals surface area (Å²) < 4.78 is 7.06. The Morgan fingerprint density at radius 2 is 1.92 bits per heavy atom. The first kappa shape index (κ1) is 16.3. The lowest BCUT2D eigenvalue weighted by Gasteiger charge is -2.17. The van der Waals surface area contributed by atoms with E-state index in [2.05, 4.69) is 5.32 Å². The quantitative estimate of drug-likeness (QED) is 0.942. The summed E-state index contributed by atoms with van der Waals surface area (Å²) in [6, 6.07) is 9.05. The number of nitrogens with zero attached hydrogens (tertiary/aromatic N) is 1. The minimum Gasteiger partial charge on any atom is -0.496 e. The highest BCUT2D eigenvalue weighted by Crippen LogP contribution is 2.25. The molecule has 0 fully saturated rings. The lowest BCUT2D eigenvalue weighted by atomic mass is 10.1. The van der Waals surface area contributed by atoms with Crippen molar-refractivity contribution in [2.45, 2.75) is 39.2 Å². The lowest BCUT2D eigenvalue weighted by molar-refractivity contribution is 0.102. The number of aromatic nitrogens is 1. The van der Waals surface area contributed by atoms with Crippen molar-refractivity contribution in [3.05, 3.63) is 57.5 Å². The van der Waals surface area contributed by atoms with Crippen LogP contribution >= 0.6 is 0 Å². The van der Waals surface area contributed by atoms with E-state index >= 15 is 0 Å². The molecule has 0 atom stereocenters. The molecule has 126 valence electrons. The van der Waals surface area contributed by atoms with Crippen molar-refractivity contribution in [3.8, 4) is 5.75 Å². The molecule has 0 saturated heterocycles. The van der Waals surface area contributed by atoms with Gasteiger partial charge < -0.3 is 14.6 Å². The van der Waals surface area contributed by atoms with Crippen LogP contribution in [0.15, 0.2) is 35.1 Å². The van der Waals surface area contributed by atoms with Gasteiger partial charge in [0.25, 0.3) is 11.5 Å². The van der Waals surface area contributed by atoms with Gasteiger partial charge in [0.1, 0.15) is 11.3 Å². The third kappa shape index (κ3) is 3.20. The number of fused-ring (bicyclic) bond motifs is 1. The van der Waals surface area contributed by atoms with E-state index in [0.717, 1.165) is 36.2 Å². The fraction of sp³-hybridized carbons (Fsp3) is 0.368. The van der Waals surface area contributed by atoms with Crippen molar-refractivity contribution in [2.75, 3.05) is 12.4 Å². The van der Waals surface area contributed by atoms with Gasteiger partial charge in [-0.05, 0) is 38.3 Å². The summed E-state index contributed by atoms with van der Waals surface area (Å²) in [5.74, 6) is 0.110. The molecule has 0 aliphatic carbocycles. The fourth-order valence-electron chi connectivity index (χ4n) is 3.15. The molecule has 1 N–H and O–H groups in total. The molecule has 0 spiro atoms. The molecule has 2 aromatic rings. The average Bonchev–Trinajstić information content (AvgIpc) is 2.83. The molecule has 24 heavy (non-hydrogen) atoms. The molecule has 5 nitrogen and oxygen atoms in total. The Labute approximate surface area is 141 Å². The number of carbonyl (C=O) groups excluding carboxylic acids is 1.